The van der Waals surface area contributed by atoms with Crippen LogP contribution in [0.4, 0.5) is 19.4 Å². The van der Waals surface area contributed by atoms with Gasteiger partial charge in [0.05, 0.1) is 17.5 Å². The summed E-state index contributed by atoms with van der Waals surface area (Å²) in [5.41, 5.74) is 1.91. The molecule has 41 heavy (non-hydrogen) atoms. The molecule has 0 atom stereocenters. The fourth-order valence-corrected chi connectivity index (χ4v) is 5.51. The average molecular weight is 580 g/mol. The first-order chi connectivity index (χ1) is 19.6. The van der Waals surface area contributed by atoms with Crippen LogP contribution in [0.25, 0.3) is 22.0 Å². The lowest BCUT2D eigenvalue weighted by Gasteiger charge is -2.34. The van der Waals surface area contributed by atoms with E-state index in [1.54, 1.807) is 11.1 Å². The number of nitrogens with one attached hydrogen (secondary N) is 1. The first-order valence-electron chi connectivity index (χ1n) is 13.3. The molecule has 4 aromatic rings. The van der Waals surface area contributed by atoms with Gasteiger partial charge in [0, 0.05) is 47.2 Å². The Balaban J connectivity index is 1.36. The molecule has 2 aromatic heterocycles. The highest BCUT2D eigenvalue weighted by atomic mass is 32.2. The second-order valence-electron chi connectivity index (χ2n) is 10.7. The molecule has 0 radical (unpaired) electrons. The highest BCUT2D eigenvalue weighted by Crippen LogP contribution is 2.38. The summed E-state index contributed by atoms with van der Waals surface area (Å²) < 4.78 is 38.7. The Labute approximate surface area is 241 Å². The standard InChI is InChI=1S/C30H31F2N5O3S/c1-30(2,3)40-29(38)37-11-9-21(10-12-37)36-27-22-13-18(5-7-24(22)34-17-35-27)19-14-26(28(39-4)33-16-19)41-25-8-6-20(31)15-23(25)32/h5-8,13-17,21H,9-12H2,1-4H3,(H,34,35,36). The summed E-state index contributed by atoms with van der Waals surface area (Å²) >= 11 is 1.11. The zero-order valence-electron chi connectivity index (χ0n) is 23.3. The number of amides is 1. The van der Waals surface area contributed by atoms with Gasteiger partial charge in [-0.05, 0) is 69.5 Å². The monoisotopic (exact) mass is 579 g/mol. The minimum absolute atomic E-state index is 0.131. The van der Waals surface area contributed by atoms with Crippen LogP contribution in [-0.2, 0) is 4.74 Å². The molecule has 0 unspecified atom stereocenters. The number of anilines is 1. The van der Waals surface area contributed by atoms with Crippen molar-refractivity contribution in [3.8, 4) is 17.0 Å². The smallest absolute Gasteiger partial charge is 0.410 e. The Kier molecular flexibility index (Phi) is 8.25. The van der Waals surface area contributed by atoms with E-state index in [0.717, 1.165) is 52.7 Å². The van der Waals surface area contributed by atoms with Gasteiger partial charge in [-0.3, -0.25) is 0 Å². The fourth-order valence-electron chi connectivity index (χ4n) is 4.57. The third-order valence-electron chi connectivity index (χ3n) is 6.58. The van der Waals surface area contributed by atoms with Crippen molar-refractivity contribution >= 4 is 34.6 Å². The molecule has 0 spiro atoms. The van der Waals surface area contributed by atoms with E-state index in [1.165, 1.54) is 25.6 Å². The quantitative estimate of drug-likeness (QED) is 0.263. The van der Waals surface area contributed by atoms with Crippen molar-refractivity contribution in [2.24, 2.45) is 0 Å². The van der Waals surface area contributed by atoms with E-state index in [-0.39, 0.29) is 17.0 Å². The topological polar surface area (TPSA) is 89.5 Å². The van der Waals surface area contributed by atoms with E-state index in [2.05, 4.69) is 20.3 Å². The first kappa shape index (κ1) is 28.5. The van der Waals surface area contributed by atoms with Gasteiger partial charge < -0.3 is 19.7 Å². The van der Waals surface area contributed by atoms with Crippen LogP contribution < -0.4 is 10.1 Å². The number of aromatic nitrogens is 3. The molecular formula is C30H31F2N5O3S. The van der Waals surface area contributed by atoms with Gasteiger partial charge in [-0.25, -0.2) is 28.5 Å². The molecule has 1 aliphatic rings. The van der Waals surface area contributed by atoms with Crippen LogP contribution in [0, 0.1) is 11.6 Å². The highest BCUT2D eigenvalue weighted by Gasteiger charge is 2.27. The number of carbonyl (C=O) groups excluding carboxylic acids is 1. The van der Waals surface area contributed by atoms with Crippen LogP contribution in [-0.4, -0.2) is 57.8 Å². The number of methoxy groups -OCH3 is 1. The van der Waals surface area contributed by atoms with Gasteiger partial charge in [0.1, 0.15) is 29.4 Å². The van der Waals surface area contributed by atoms with E-state index < -0.39 is 17.2 Å². The third-order valence-corrected chi connectivity index (χ3v) is 7.65. The summed E-state index contributed by atoms with van der Waals surface area (Å²) in [6.07, 6.45) is 4.44. The number of benzene rings is 2. The SMILES string of the molecule is COc1ncc(-c2ccc3ncnc(NC4CCN(C(=O)OC(C)(C)C)CC4)c3c2)cc1Sc1ccc(F)cc1F. The van der Waals surface area contributed by atoms with Gasteiger partial charge in [-0.15, -0.1) is 0 Å². The molecule has 0 saturated carbocycles. The number of ether oxygens (including phenoxy) is 2. The van der Waals surface area contributed by atoms with Crippen molar-refractivity contribution in [2.75, 3.05) is 25.5 Å². The zero-order valence-corrected chi connectivity index (χ0v) is 24.1. The summed E-state index contributed by atoms with van der Waals surface area (Å²) in [5, 5.41) is 4.38. The largest absolute Gasteiger partial charge is 0.480 e. The third kappa shape index (κ3) is 6.84. The maximum atomic E-state index is 14.4. The van der Waals surface area contributed by atoms with Gasteiger partial charge in [0.25, 0.3) is 0 Å². The van der Waals surface area contributed by atoms with Crippen molar-refractivity contribution in [2.45, 2.75) is 55.0 Å². The number of rotatable bonds is 6. The van der Waals surface area contributed by atoms with Gasteiger partial charge >= 0.3 is 6.09 Å². The van der Waals surface area contributed by atoms with E-state index in [4.69, 9.17) is 9.47 Å². The lowest BCUT2D eigenvalue weighted by Crippen LogP contribution is -2.44. The average Bonchev–Trinajstić information content (AvgIpc) is 2.94. The van der Waals surface area contributed by atoms with Crippen LogP contribution in [0.1, 0.15) is 33.6 Å². The molecule has 1 fully saturated rings. The number of fused-ring (bicyclic) bond motifs is 1. The Morgan fingerprint density at radius 3 is 2.49 bits per heavy atom. The predicted octanol–water partition coefficient (Wildman–Crippen LogP) is 6.94. The number of hydrogen-bond donors (Lipinski definition) is 1. The second kappa shape index (κ2) is 11.9. The van der Waals surface area contributed by atoms with Gasteiger partial charge in [-0.1, -0.05) is 17.8 Å². The van der Waals surface area contributed by atoms with Gasteiger partial charge in [-0.2, -0.15) is 0 Å². The predicted molar refractivity (Wildman–Crippen MR) is 154 cm³/mol. The molecule has 0 aliphatic carbocycles. The van der Waals surface area contributed by atoms with Crippen molar-refractivity contribution in [3.63, 3.8) is 0 Å². The lowest BCUT2D eigenvalue weighted by molar-refractivity contribution is 0.0210. The highest BCUT2D eigenvalue weighted by molar-refractivity contribution is 7.99. The first-order valence-corrected chi connectivity index (χ1v) is 14.1. The van der Waals surface area contributed by atoms with Gasteiger partial charge in [0.15, 0.2) is 0 Å². The molecular weight excluding hydrogens is 548 g/mol. The van der Waals surface area contributed by atoms with E-state index >= 15 is 0 Å². The number of halogens is 2. The molecule has 11 heteroatoms. The molecule has 0 bridgehead atoms. The summed E-state index contributed by atoms with van der Waals surface area (Å²) in [6.45, 7) is 6.77. The van der Waals surface area contributed by atoms with Crippen LogP contribution in [0.3, 0.4) is 0 Å². The molecule has 1 aliphatic heterocycles. The van der Waals surface area contributed by atoms with Crippen LogP contribution in [0.5, 0.6) is 5.88 Å². The minimum atomic E-state index is -0.655. The number of pyridine rings is 1. The normalized spacial score (nSPS) is 14.2. The Morgan fingerprint density at radius 1 is 1.00 bits per heavy atom. The number of carbonyl (C=O) groups is 1. The lowest BCUT2D eigenvalue weighted by atomic mass is 10.0. The molecule has 1 N–H and O–H groups in total. The molecule has 2 aromatic carbocycles. The van der Waals surface area contributed by atoms with E-state index in [0.29, 0.717) is 29.7 Å². The number of hydrogen-bond acceptors (Lipinski definition) is 8. The fraction of sp³-hybridized carbons (Fsp3) is 0.333. The molecule has 5 rings (SSSR count). The Hall–Kier alpha value is -3.99. The Morgan fingerprint density at radius 2 is 1.78 bits per heavy atom. The summed E-state index contributed by atoms with van der Waals surface area (Å²) in [6, 6.07) is 11.3. The molecule has 214 valence electrons. The maximum absolute atomic E-state index is 14.4. The minimum Gasteiger partial charge on any atom is -0.480 e. The summed E-state index contributed by atoms with van der Waals surface area (Å²) in [5.74, 6) is -0.247. The zero-order chi connectivity index (χ0) is 29.1. The number of piperidine rings is 1. The molecule has 1 amide bonds. The molecule has 8 nitrogen and oxygen atoms in total. The van der Waals surface area contributed by atoms with E-state index in [1.807, 2.05) is 45.0 Å². The van der Waals surface area contributed by atoms with Crippen molar-refractivity contribution < 1.29 is 23.0 Å². The van der Waals surface area contributed by atoms with Crippen LogP contribution in [0.2, 0.25) is 0 Å². The van der Waals surface area contributed by atoms with E-state index in [9.17, 15) is 13.6 Å². The van der Waals surface area contributed by atoms with Crippen LogP contribution in [0.15, 0.2) is 64.8 Å². The summed E-state index contributed by atoms with van der Waals surface area (Å²) in [4.78, 5) is 28.4. The second-order valence-corrected chi connectivity index (χ2v) is 11.8. The van der Waals surface area contributed by atoms with Crippen molar-refractivity contribution in [1.29, 1.82) is 0 Å². The number of likely N-dealkylation sites (tertiary alicyclic amines) is 1. The van der Waals surface area contributed by atoms with Gasteiger partial charge in [0.2, 0.25) is 5.88 Å². The van der Waals surface area contributed by atoms with Crippen molar-refractivity contribution in [1.82, 2.24) is 19.9 Å². The Bertz CT molecular complexity index is 1570. The number of nitrogens with zero attached hydrogens (tertiary/aromatic N) is 4. The molecule has 1 saturated heterocycles. The maximum Gasteiger partial charge on any atom is 0.410 e. The summed E-state index contributed by atoms with van der Waals surface area (Å²) in [7, 11) is 1.50. The van der Waals surface area contributed by atoms with Crippen LogP contribution >= 0.6 is 11.8 Å². The molecule has 3 heterocycles. The van der Waals surface area contributed by atoms with Crippen molar-refractivity contribution in [3.05, 3.63) is 66.6 Å².